The van der Waals surface area contributed by atoms with Crippen molar-refractivity contribution in [3.63, 3.8) is 0 Å². The Labute approximate surface area is 118 Å². The quantitative estimate of drug-likeness (QED) is 0.814. The minimum Gasteiger partial charge on any atom is -0.493 e. The SMILES string of the molecule is COc1cc(CC(C)(C)C(=O)O)cc(SC)c1OC. The normalized spacial score (nSPS) is 11.2. The second kappa shape index (κ2) is 6.19. The zero-order valence-corrected chi connectivity index (χ0v) is 12.8. The van der Waals surface area contributed by atoms with E-state index >= 15 is 0 Å². The van der Waals surface area contributed by atoms with E-state index in [0.29, 0.717) is 17.9 Å². The molecule has 106 valence electrons. The molecule has 0 spiro atoms. The highest BCUT2D eigenvalue weighted by Gasteiger charge is 2.28. The molecule has 0 radical (unpaired) electrons. The molecule has 0 atom stereocenters. The molecule has 1 aromatic rings. The number of thioether (sulfide) groups is 1. The first-order valence-electron chi connectivity index (χ1n) is 5.88. The van der Waals surface area contributed by atoms with Gasteiger partial charge in [0.25, 0.3) is 0 Å². The zero-order valence-electron chi connectivity index (χ0n) is 11.9. The van der Waals surface area contributed by atoms with Gasteiger partial charge in [-0.3, -0.25) is 4.79 Å². The molecule has 1 N–H and O–H groups in total. The highest BCUT2D eigenvalue weighted by Crippen LogP contribution is 2.39. The first-order chi connectivity index (χ1) is 8.85. The molecule has 0 amide bonds. The maximum absolute atomic E-state index is 11.2. The smallest absolute Gasteiger partial charge is 0.309 e. The third-order valence-corrected chi connectivity index (χ3v) is 3.69. The molecule has 0 saturated heterocycles. The summed E-state index contributed by atoms with van der Waals surface area (Å²) in [5.41, 5.74) is 0.115. The van der Waals surface area contributed by atoms with Gasteiger partial charge < -0.3 is 14.6 Å². The van der Waals surface area contributed by atoms with Crippen LogP contribution in [-0.4, -0.2) is 31.6 Å². The number of ether oxygens (including phenoxy) is 2. The summed E-state index contributed by atoms with van der Waals surface area (Å²) in [4.78, 5) is 12.1. The molecule has 0 heterocycles. The summed E-state index contributed by atoms with van der Waals surface area (Å²) >= 11 is 1.55. The van der Waals surface area contributed by atoms with Crippen LogP contribution in [0.2, 0.25) is 0 Å². The Morgan fingerprint density at radius 3 is 2.37 bits per heavy atom. The van der Waals surface area contributed by atoms with E-state index in [9.17, 15) is 9.90 Å². The van der Waals surface area contributed by atoms with Gasteiger partial charge in [0.2, 0.25) is 0 Å². The monoisotopic (exact) mass is 284 g/mol. The Morgan fingerprint density at radius 2 is 1.95 bits per heavy atom. The first-order valence-corrected chi connectivity index (χ1v) is 7.10. The molecule has 0 aliphatic rings. The number of carbonyl (C=O) groups is 1. The summed E-state index contributed by atoms with van der Waals surface area (Å²) < 4.78 is 10.6. The van der Waals surface area contributed by atoms with Gasteiger partial charge >= 0.3 is 5.97 Å². The number of carboxylic acids is 1. The van der Waals surface area contributed by atoms with Crippen molar-refractivity contribution in [1.82, 2.24) is 0 Å². The second-order valence-corrected chi connectivity index (χ2v) is 5.75. The van der Waals surface area contributed by atoms with Crippen molar-refractivity contribution in [1.29, 1.82) is 0 Å². The van der Waals surface area contributed by atoms with Gasteiger partial charge in [-0.25, -0.2) is 0 Å². The molecule has 0 fully saturated rings. The minimum atomic E-state index is -0.812. The largest absolute Gasteiger partial charge is 0.493 e. The maximum atomic E-state index is 11.2. The molecule has 1 rings (SSSR count). The average molecular weight is 284 g/mol. The lowest BCUT2D eigenvalue weighted by molar-refractivity contribution is -0.146. The number of hydrogen-bond donors (Lipinski definition) is 1. The number of methoxy groups -OCH3 is 2. The molecule has 0 aromatic heterocycles. The second-order valence-electron chi connectivity index (χ2n) is 4.90. The van der Waals surface area contributed by atoms with Crippen molar-refractivity contribution >= 4 is 17.7 Å². The highest BCUT2D eigenvalue weighted by molar-refractivity contribution is 7.98. The van der Waals surface area contributed by atoms with Crippen LogP contribution in [0.3, 0.4) is 0 Å². The van der Waals surface area contributed by atoms with Crippen molar-refractivity contribution in [3.05, 3.63) is 17.7 Å². The third-order valence-electron chi connectivity index (χ3n) is 2.95. The summed E-state index contributed by atoms with van der Waals surface area (Å²) in [6, 6.07) is 3.79. The van der Waals surface area contributed by atoms with Crippen LogP contribution in [0, 0.1) is 5.41 Å². The Kier molecular flexibility index (Phi) is 5.11. The lowest BCUT2D eigenvalue weighted by Gasteiger charge is -2.21. The van der Waals surface area contributed by atoms with Crippen LogP contribution in [-0.2, 0) is 11.2 Å². The predicted octanol–water partition coefficient (Wildman–Crippen LogP) is 3.08. The van der Waals surface area contributed by atoms with Crippen molar-refractivity contribution in [2.75, 3.05) is 20.5 Å². The van der Waals surface area contributed by atoms with Gasteiger partial charge in [0.05, 0.1) is 24.5 Å². The number of hydrogen-bond acceptors (Lipinski definition) is 4. The van der Waals surface area contributed by atoms with Crippen LogP contribution in [0.4, 0.5) is 0 Å². The van der Waals surface area contributed by atoms with Gasteiger partial charge in [-0.1, -0.05) is 0 Å². The van der Waals surface area contributed by atoms with Crippen LogP contribution >= 0.6 is 11.8 Å². The van der Waals surface area contributed by atoms with E-state index in [-0.39, 0.29) is 0 Å². The first kappa shape index (κ1) is 15.7. The molecular formula is C14H20O4S. The van der Waals surface area contributed by atoms with Crippen molar-refractivity contribution in [2.24, 2.45) is 5.41 Å². The predicted molar refractivity (Wildman–Crippen MR) is 76.4 cm³/mol. The van der Waals surface area contributed by atoms with E-state index in [4.69, 9.17) is 9.47 Å². The lowest BCUT2D eigenvalue weighted by atomic mass is 9.86. The molecule has 1 aromatic carbocycles. The summed E-state index contributed by atoms with van der Waals surface area (Å²) in [6.45, 7) is 3.43. The van der Waals surface area contributed by atoms with Crippen LogP contribution in [0.25, 0.3) is 0 Å². The fraction of sp³-hybridized carbons (Fsp3) is 0.500. The number of rotatable bonds is 6. The molecule has 0 aliphatic carbocycles. The Balaban J connectivity index is 3.20. The zero-order chi connectivity index (χ0) is 14.6. The van der Waals surface area contributed by atoms with Crippen LogP contribution in [0.15, 0.2) is 17.0 Å². The van der Waals surface area contributed by atoms with E-state index in [1.54, 1.807) is 39.8 Å². The maximum Gasteiger partial charge on any atom is 0.309 e. The average Bonchev–Trinajstić information content (AvgIpc) is 2.36. The molecular weight excluding hydrogens is 264 g/mol. The molecule has 4 nitrogen and oxygen atoms in total. The van der Waals surface area contributed by atoms with Crippen molar-refractivity contribution in [3.8, 4) is 11.5 Å². The third kappa shape index (κ3) is 3.56. The Morgan fingerprint density at radius 1 is 1.32 bits per heavy atom. The van der Waals surface area contributed by atoms with Crippen molar-refractivity contribution < 1.29 is 19.4 Å². The van der Waals surface area contributed by atoms with Gasteiger partial charge in [0.1, 0.15) is 0 Å². The molecule has 0 saturated carbocycles. The number of benzene rings is 1. The van der Waals surface area contributed by atoms with E-state index in [1.165, 1.54) is 0 Å². The fourth-order valence-corrected chi connectivity index (χ4v) is 2.46. The van der Waals surface area contributed by atoms with Gasteiger partial charge in [0.15, 0.2) is 11.5 Å². The summed E-state index contributed by atoms with van der Waals surface area (Å²) in [7, 11) is 3.17. The lowest BCUT2D eigenvalue weighted by Crippen LogP contribution is -2.26. The number of aliphatic carboxylic acids is 1. The topological polar surface area (TPSA) is 55.8 Å². The Bertz CT molecular complexity index is 444. The minimum absolute atomic E-state index is 0.441. The summed E-state index contributed by atoms with van der Waals surface area (Å²) in [6.07, 6.45) is 2.39. The fourth-order valence-electron chi connectivity index (χ4n) is 1.82. The molecule has 5 heteroatoms. The Hall–Kier alpha value is -1.36. The highest BCUT2D eigenvalue weighted by atomic mass is 32.2. The van der Waals surface area contributed by atoms with Crippen LogP contribution < -0.4 is 9.47 Å². The van der Waals surface area contributed by atoms with E-state index in [1.807, 2.05) is 18.4 Å². The van der Waals surface area contributed by atoms with Crippen LogP contribution in [0.1, 0.15) is 19.4 Å². The van der Waals surface area contributed by atoms with Crippen molar-refractivity contribution in [2.45, 2.75) is 25.2 Å². The van der Waals surface area contributed by atoms with E-state index < -0.39 is 11.4 Å². The molecule has 19 heavy (non-hydrogen) atoms. The van der Waals surface area contributed by atoms with Gasteiger partial charge in [-0.05, 0) is 44.2 Å². The van der Waals surface area contributed by atoms with Gasteiger partial charge in [0, 0.05) is 0 Å². The molecule has 0 bridgehead atoms. The van der Waals surface area contributed by atoms with Gasteiger partial charge in [-0.15, -0.1) is 11.8 Å². The van der Waals surface area contributed by atoms with E-state index in [0.717, 1.165) is 10.5 Å². The number of carboxylic acid groups (broad SMARTS) is 1. The molecule has 0 unspecified atom stereocenters. The standard InChI is InChI=1S/C14H20O4S/c1-14(2,13(15)16)8-9-6-10(17-3)12(18-4)11(7-9)19-5/h6-7H,8H2,1-5H3,(H,15,16). The van der Waals surface area contributed by atoms with Crippen LogP contribution in [0.5, 0.6) is 11.5 Å². The summed E-state index contributed by atoms with van der Waals surface area (Å²) in [5.74, 6) is 0.505. The van der Waals surface area contributed by atoms with Gasteiger partial charge in [-0.2, -0.15) is 0 Å². The van der Waals surface area contributed by atoms with E-state index in [2.05, 4.69) is 0 Å². The molecule has 0 aliphatic heterocycles. The summed E-state index contributed by atoms with van der Waals surface area (Å²) in [5, 5.41) is 9.20.